The molecule has 9 nitrogen and oxygen atoms in total. The molecule has 29 heavy (non-hydrogen) atoms. The third-order valence-electron chi connectivity index (χ3n) is 4.68. The summed E-state index contributed by atoms with van der Waals surface area (Å²) >= 11 is 0. The number of primary amides is 1. The molecule has 3 rings (SSSR count). The Morgan fingerprint density at radius 1 is 1.07 bits per heavy atom. The quantitative estimate of drug-likeness (QED) is 0.561. The van der Waals surface area contributed by atoms with Gasteiger partial charge in [-0.2, -0.15) is 0 Å². The van der Waals surface area contributed by atoms with E-state index in [1.165, 1.54) is 7.05 Å². The van der Waals surface area contributed by atoms with E-state index >= 15 is 0 Å². The first-order chi connectivity index (χ1) is 13.9. The molecule has 0 fully saturated rings. The van der Waals surface area contributed by atoms with Gasteiger partial charge in [-0.3, -0.25) is 24.7 Å². The lowest BCUT2D eigenvalue weighted by molar-refractivity contribution is -0.123. The van der Waals surface area contributed by atoms with Crippen molar-refractivity contribution in [3.05, 3.63) is 59.7 Å². The third kappa shape index (κ3) is 3.67. The molecule has 0 spiro atoms. The van der Waals surface area contributed by atoms with E-state index in [1.807, 2.05) is 0 Å². The second kappa shape index (κ2) is 8.11. The Bertz CT molecular complexity index is 969. The number of carbonyl (C=O) groups is 3. The minimum atomic E-state index is -1.53. The topological polar surface area (TPSA) is 135 Å². The summed E-state index contributed by atoms with van der Waals surface area (Å²) in [6, 6.07) is 13.2. The maximum Gasteiger partial charge on any atom is 0.267 e. The molecule has 0 aliphatic carbocycles. The first-order valence-corrected chi connectivity index (χ1v) is 8.80. The van der Waals surface area contributed by atoms with Crippen molar-refractivity contribution in [1.29, 1.82) is 0 Å². The second-order valence-electron chi connectivity index (χ2n) is 6.29. The van der Waals surface area contributed by atoms with Crippen LogP contribution in [0.2, 0.25) is 0 Å². The van der Waals surface area contributed by atoms with Crippen molar-refractivity contribution >= 4 is 29.1 Å². The van der Waals surface area contributed by atoms with Gasteiger partial charge in [-0.05, 0) is 42.0 Å². The minimum absolute atomic E-state index is 0.00233. The molecule has 0 radical (unpaired) electrons. The molecule has 0 saturated heterocycles. The highest BCUT2D eigenvalue weighted by Gasteiger charge is 2.49. The number of hydrogen-bond acceptors (Lipinski definition) is 6. The fourth-order valence-corrected chi connectivity index (χ4v) is 3.13. The van der Waals surface area contributed by atoms with Gasteiger partial charge in [0.25, 0.3) is 11.8 Å². The van der Waals surface area contributed by atoms with Crippen LogP contribution in [-0.4, -0.2) is 44.3 Å². The Morgan fingerprint density at radius 2 is 1.72 bits per heavy atom. The lowest BCUT2D eigenvalue weighted by Crippen LogP contribution is -2.58. The summed E-state index contributed by atoms with van der Waals surface area (Å²) in [5.41, 5.74) is 5.53. The van der Waals surface area contributed by atoms with Crippen molar-refractivity contribution in [2.45, 2.75) is 5.54 Å². The average molecular weight is 395 g/mol. The van der Waals surface area contributed by atoms with Crippen molar-refractivity contribution in [3.63, 3.8) is 0 Å². The van der Waals surface area contributed by atoms with Crippen LogP contribution in [0.1, 0.15) is 15.9 Å². The first kappa shape index (κ1) is 20.0. The summed E-state index contributed by atoms with van der Waals surface area (Å²) < 4.78 is 5.08. The summed E-state index contributed by atoms with van der Waals surface area (Å²) in [6.07, 6.45) is 0. The van der Waals surface area contributed by atoms with Crippen LogP contribution in [0.4, 0.5) is 5.69 Å². The number of rotatable bonds is 6. The molecule has 1 aliphatic rings. The molecule has 2 aromatic rings. The standard InChI is InChI=1S/C20H21N5O4/c1-22-18(27)16-20(19(21)28,24-11-23-16)13-5-7-14(8-6-13)25-17(26)12-3-9-15(29-2)10-4-12/h3-10,24H,11H2,1-2H3,(H2,21,28)(H,22,27)(H,25,26). The van der Waals surface area contributed by atoms with Crippen LogP contribution in [0.3, 0.4) is 0 Å². The fourth-order valence-electron chi connectivity index (χ4n) is 3.13. The number of aliphatic imine (C=N–C) groups is 1. The monoisotopic (exact) mass is 395 g/mol. The number of anilines is 1. The van der Waals surface area contributed by atoms with Crippen LogP contribution in [0.15, 0.2) is 53.5 Å². The zero-order valence-electron chi connectivity index (χ0n) is 16.0. The molecule has 5 N–H and O–H groups in total. The molecule has 2 aromatic carbocycles. The normalized spacial score (nSPS) is 17.9. The van der Waals surface area contributed by atoms with Gasteiger partial charge in [-0.25, -0.2) is 0 Å². The number of carbonyl (C=O) groups excluding carboxylic acids is 3. The van der Waals surface area contributed by atoms with E-state index in [4.69, 9.17) is 10.5 Å². The van der Waals surface area contributed by atoms with Crippen molar-refractivity contribution < 1.29 is 19.1 Å². The van der Waals surface area contributed by atoms with Gasteiger partial charge in [0.1, 0.15) is 11.5 Å². The zero-order valence-corrected chi connectivity index (χ0v) is 16.0. The molecule has 1 unspecified atom stereocenters. The van der Waals surface area contributed by atoms with E-state index in [1.54, 1.807) is 55.6 Å². The van der Waals surface area contributed by atoms with Crippen molar-refractivity contribution in [2.24, 2.45) is 10.7 Å². The molecule has 9 heteroatoms. The molecular weight excluding hydrogens is 374 g/mol. The van der Waals surface area contributed by atoms with Crippen LogP contribution in [0.25, 0.3) is 0 Å². The SMILES string of the molecule is CNC(=O)C1=NCNC1(C(N)=O)c1ccc(NC(=O)c2ccc(OC)cc2)cc1. The predicted molar refractivity (Wildman–Crippen MR) is 108 cm³/mol. The van der Waals surface area contributed by atoms with Crippen molar-refractivity contribution in [2.75, 3.05) is 26.1 Å². The molecule has 0 saturated carbocycles. The molecule has 1 aliphatic heterocycles. The Morgan fingerprint density at radius 3 is 2.28 bits per heavy atom. The molecule has 3 amide bonds. The highest BCUT2D eigenvalue weighted by Crippen LogP contribution is 2.28. The first-order valence-electron chi connectivity index (χ1n) is 8.80. The molecule has 0 aromatic heterocycles. The molecule has 150 valence electrons. The number of benzene rings is 2. The zero-order chi connectivity index (χ0) is 21.0. The van der Waals surface area contributed by atoms with Crippen LogP contribution in [0.5, 0.6) is 5.75 Å². The smallest absolute Gasteiger partial charge is 0.267 e. The van der Waals surface area contributed by atoms with E-state index < -0.39 is 17.4 Å². The fraction of sp³-hybridized carbons (Fsp3) is 0.200. The third-order valence-corrected chi connectivity index (χ3v) is 4.68. The highest BCUT2D eigenvalue weighted by atomic mass is 16.5. The van der Waals surface area contributed by atoms with Gasteiger partial charge in [0, 0.05) is 18.3 Å². The number of nitrogens with zero attached hydrogens (tertiary/aromatic N) is 1. The summed E-state index contributed by atoms with van der Waals surface area (Å²) in [5.74, 6) is -0.880. The highest BCUT2D eigenvalue weighted by molar-refractivity contribution is 6.47. The van der Waals surface area contributed by atoms with Gasteiger partial charge in [-0.1, -0.05) is 12.1 Å². The lowest BCUT2D eigenvalue weighted by Gasteiger charge is -2.27. The summed E-state index contributed by atoms with van der Waals surface area (Å²) in [7, 11) is 3.00. The average Bonchev–Trinajstić information content (AvgIpc) is 3.20. The van der Waals surface area contributed by atoms with E-state index in [0.29, 0.717) is 22.6 Å². The number of amides is 3. The second-order valence-corrected chi connectivity index (χ2v) is 6.29. The number of ether oxygens (including phenoxy) is 1. The van der Waals surface area contributed by atoms with Gasteiger partial charge in [0.2, 0.25) is 5.91 Å². The molecular formula is C20H21N5O4. The number of methoxy groups -OCH3 is 1. The Balaban J connectivity index is 1.83. The lowest BCUT2D eigenvalue weighted by atomic mass is 9.84. The van der Waals surface area contributed by atoms with Crippen LogP contribution in [0, 0.1) is 0 Å². The number of nitrogens with one attached hydrogen (secondary N) is 3. The maximum absolute atomic E-state index is 12.4. The van der Waals surface area contributed by atoms with Gasteiger partial charge < -0.3 is 21.1 Å². The Labute approximate surface area is 167 Å². The molecule has 1 atom stereocenters. The van der Waals surface area contributed by atoms with E-state index in [2.05, 4.69) is 20.9 Å². The Kier molecular flexibility index (Phi) is 5.60. The number of hydrogen-bond donors (Lipinski definition) is 4. The minimum Gasteiger partial charge on any atom is -0.497 e. The summed E-state index contributed by atoms with van der Waals surface area (Å²) in [5, 5.41) is 8.15. The van der Waals surface area contributed by atoms with Crippen molar-refractivity contribution in [1.82, 2.24) is 10.6 Å². The maximum atomic E-state index is 12.4. The van der Waals surface area contributed by atoms with Gasteiger partial charge in [0.05, 0.1) is 13.8 Å². The number of nitrogens with two attached hydrogens (primary N) is 1. The summed E-state index contributed by atoms with van der Waals surface area (Å²) in [4.78, 5) is 40.9. The van der Waals surface area contributed by atoms with Crippen LogP contribution in [-0.2, 0) is 15.1 Å². The summed E-state index contributed by atoms with van der Waals surface area (Å²) in [6.45, 7) is 0.0850. The van der Waals surface area contributed by atoms with Crippen molar-refractivity contribution in [3.8, 4) is 5.75 Å². The van der Waals surface area contributed by atoms with Gasteiger partial charge in [0.15, 0.2) is 5.54 Å². The molecule has 1 heterocycles. The predicted octanol–water partition coefficient (Wildman–Crippen LogP) is 0.376. The van der Waals surface area contributed by atoms with Crippen LogP contribution >= 0.6 is 0 Å². The largest absolute Gasteiger partial charge is 0.497 e. The molecule has 0 bridgehead atoms. The van der Waals surface area contributed by atoms with E-state index in [-0.39, 0.29) is 18.3 Å². The van der Waals surface area contributed by atoms with E-state index in [0.717, 1.165) is 0 Å². The van der Waals surface area contributed by atoms with Gasteiger partial charge in [-0.15, -0.1) is 0 Å². The van der Waals surface area contributed by atoms with Gasteiger partial charge >= 0.3 is 0 Å². The van der Waals surface area contributed by atoms with Crippen LogP contribution < -0.4 is 26.4 Å². The Hall–Kier alpha value is -3.72. The van der Waals surface area contributed by atoms with E-state index in [9.17, 15) is 14.4 Å².